The summed E-state index contributed by atoms with van der Waals surface area (Å²) < 4.78 is 10.6. The predicted molar refractivity (Wildman–Crippen MR) is 113 cm³/mol. The van der Waals surface area contributed by atoms with Gasteiger partial charge in [0.25, 0.3) is 0 Å². The van der Waals surface area contributed by atoms with Crippen LogP contribution >= 0.6 is 0 Å². The molecule has 29 heavy (non-hydrogen) atoms. The van der Waals surface area contributed by atoms with Crippen LogP contribution < -0.4 is 14.8 Å². The lowest BCUT2D eigenvalue weighted by Gasteiger charge is -2.31. The van der Waals surface area contributed by atoms with Gasteiger partial charge >= 0.3 is 0 Å². The molecule has 1 aliphatic rings. The summed E-state index contributed by atoms with van der Waals surface area (Å²) in [6.07, 6.45) is 4.84. The minimum atomic E-state index is -0.211. The van der Waals surface area contributed by atoms with Crippen molar-refractivity contribution in [1.82, 2.24) is 4.90 Å². The lowest BCUT2D eigenvalue weighted by atomic mass is 9.97. The number of para-hydroxylation sites is 1. The molecule has 1 aliphatic heterocycles. The highest BCUT2D eigenvalue weighted by Gasteiger charge is 2.27. The summed E-state index contributed by atoms with van der Waals surface area (Å²) in [6.45, 7) is 1.07. The fourth-order valence-corrected chi connectivity index (χ4v) is 3.38. The molecule has 1 heterocycles. The molecule has 0 bridgehead atoms. The van der Waals surface area contributed by atoms with Crippen LogP contribution in [-0.2, 0) is 9.59 Å². The second kappa shape index (κ2) is 9.78. The Bertz CT molecular complexity index is 880. The van der Waals surface area contributed by atoms with Gasteiger partial charge in [-0.15, -0.1) is 0 Å². The summed E-state index contributed by atoms with van der Waals surface area (Å²) >= 11 is 0. The number of carbonyl (C=O) groups is 2. The van der Waals surface area contributed by atoms with E-state index in [1.807, 2.05) is 42.5 Å². The Balaban J connectivity index is 1.62. The van der Waals surface area contributed by atoms with Crippen molar-refractivity contribution in [1.29, 1.82) is 0 Å². The molecule has 0 unspecified atom stereocenters. The normalized spacial score (nSPS) is 16.5. The zero-order valence-corrected chi connectivity index (χ0v) is 16.8. The number of rotatable bonds is 6. The minimum Gasteiger partial charge on any atom is -0.497 e. The van der Waals surface area contributed by atoms with E-state index < -0.39 is 0 Å². The SMILES string of the molecule is COc1ccc(/C=C/C(=O)N2CCC[C@H](C(=O)Nc3ccccc3)C2)c(OC)c1. The number of nitrogens with one attached hydrogen (secondary N) is 1. The number of benzene rings is 2. The van der Waals surface area contributed by atoms with Gasteiger partial charge in [0.1, 0.15) is 11.5 Å². The Morgan fingerprint density at radius 2 is 1.90 bits per heavy atom. The molecule has 0 spiro atoms. The first-order valence-electron chi connectivity index (χ1n) is 9.65. The largest absolute Gasteiger partial charge is 0.497 e. The molecule has 0 aliphatic carbocycles. The highest BCUT2D eigenvalue weighted by atomic mass is 16.5. The molecular formula is C23H26N2O4. The topological polar surface area (TPSA) is 67.9 Å². The summed E-state index contributed by atoms with van der Waals surface area (Å²) in [7, 11) is 3.17. The molecule has 0 saturated carbocycles. The first-order chi connectivity index (χ1) is 14.1. The minimum absolute atomic E-state index is 0.0468. The molecule has 6 nitrogen and oxygen atoms in total. The molecule has 2 amide bonds. The first kappa shape index (κ1) is 20.5. The average molecular weight is 394 g/mol. The maximum Gasteiger partial charge on any atom is 0.246 e. The van der Waals surface area contributed by atoms with E-state index in [1.165, 1.54) is 6.08 Å². The number of ether oxygens (including phenoxy) is 2. The third-order valence-corrected chi connectivity index (χ3v) is 4.99. The van der Waals surface area contributed by atoms with Gasteiger partial charge in [-0.05, 0) is 43.2 Å². The molecule has 6 heteroatoms. The van der Waals surface area contributed by atoms with E-state index in [4.69, 9.17) is 9.47 Å². The summed E-state index contributed by atoms with van der Waals surface area (Å²) in [5.41, 5.74) is 1.56. The maximum atomic E-state index is 12.7. The van der Waals surface area contributed by atoms with E-state index in [0.717, 1.165) is 24.1 Å². The van der Waals surface area contributed by atoms with Gasteiger partial charge in [0, 0.05) is 36.5 Å². The smallest absolute Gasteiger partial charge is 0.246 e. The Morgan fingerprint density at radius 1 is 1.10 bits per heavy atom. The fraction of sp³-hybridized carbons (Fsp3) is 0.304. The van der Waals surface area contributed by atoms with E-state index in [1.54, 1.807) is 31.3 Å². The lowest BCUT2D eigenvalue weighted by Crippen LogP contribution is -2.43. The molecule has 1 atom stereocenters. The molecule has 3 rings (SSSR count). The van der Waals surface area contributed by atoms with E-state index in [0.29, 0.717) is 24.6 Å². The van der Waals surface area contributed by atoms with Crippen molar-refractivity contribution in [2.75, 3.05) is 32.6 Å². The molecule has 2 aromatic rings. The Labute approximate surface area is 171 Å². The molecule has 0 aromatic heterocycles. The summed E-state index contributed by atoms with van der Waals surface area (Å²) in [4.78, 5) is 27.0. The number of piperidine rings is 1. The number of methoxy groups -OCH3 is 2. The number of amides is 2. The third-order valence-electron chi connectivity index (χ3n) is 4.99. The number of likely N-dealkylation sites (tertiary alicyclic amines) is 1. The van der Waals surface area contributed by atoms with Crippen LogP contribution in [0.5, 0.6) is 11.5 Å². The van der Waals surface area contributed by atoms with Crippen molar-refractivity contribution in [3.63, 3.8) is 0 Å². The molecule has 152 valence electrons. The zero-order valence-electron chi connectivity index (χ0n) is 16.8. The maximum absolute atomic E-state index is 12.7. The van der Waals surface area contributed by atoms with Crippen LogP contribution in [0.4, 0.5) is 5.69 Å². The molecule has 0 radical (unpaired) electrons. The van der Waals surface area contributed by atoms with Crippen LogP contribution in [0.2, 0.25) is 0 Å². The van der Waals surface area contributed by atoms with Gasteiger partial charge in [-0.2, -0.15) is 0 Å². The molecular weight excluding hydrogens is 368 g/mol. The Hall–Kier alpha value is -3.28. The van der Waals surface area contributed by atoms with E-state index in [9.17, 15) is 9.59 Å². The summed E-state index contributed by atoms with van der Waals surface area (Å²) in [6, 6.07) is 14.8. The summed E-state index contributed by atoms with van der Waals surface area (Å²) in [5.74, 6) is 0.951. The second-order valence-corrected chi connectivity index (χ2v) is 6.92. The lowest BCUT2D eigenvalue weighted by molar-refractivity contribution is -0.130. The van der Waals surface area contributed by atoms with Gasteiger partial charge in [0.2, 0.25) is 11.8 Å². The third kappa shape index (κ3) is 5.38. The molecule has 2 aromatic carbocycles. The number of nitrogens with zero attached hydrogens (tertiary/aromatic N) is 1. The van der Waals surface area contributed by atoms with Crippen LogP contribution in [0.3, 0.4) is 0 Å². The van der Waals surface area contributed by atoms with E-state index >= 15 is 0 Å². The van der Waals surface area contributed by atoms with Crippen molar-refractivity contribution >= 4 is 23.6 Å². The van der Waals surface area contributed by atoms with Crippen LogP contribution in [0.25, 0.3) is 6.08 Å². The van der Waals surface area contributed by atoms with Crippen LogP contribution in [-0.4, -0.2) is 44.0 Å². The number of hydrogen-bond acceptors (Lipinski definition) is 4. The summed E-state index contributed by atoms with van der Waals surface area (Å²) in [5, 5.41) is 2.93. The standard InChI is InChI=1S/C23H26N2O4/c1-28-20-12-10-17(21(15-20)29-2)11-13-22(26)25-14-6-7-18(16-25)23(27)24-19-8-4-3-5-9-19/h3-5,8-13,15,18H,6-7,14,16H2,1-2H3,(H,24,27)/b13-11+/t18-/m0/s1. The van der Waals surface area contributed by atoms with Crippen molar-refractivity contribution < 1.29 is 19.1 Å². The van der Waals surface area contributed by atoms with E-state index in [2.05, 4.69) is 5.32 Å². The van der Waals surface area contributed by atoms with Crippen molar-refractivity contribution in [2.24, 2.45) is 5.92 Å². The number of carbonyl (C=O) groups excluding carboxylic acids is 2. The van der Waals surface area contributed by atoms with Crippen LogP contribution in [0.1, 0.15) is 18.4 Å². The van der Waals surface area contributed by atoms with Gasteiger partial charge in [0.05, 0.1) is 20.1 Å². The predicted octanol–water partition coefficient (Wildman–Crippen LogP) is 3.59. The van der Waals surface area contributed by atoms with Crippen molar-refractivity contribution in [2.45, 2.75) is 12.8 Å². The number of hydrogen-bond donors (Lipinski definition) is 1. The van der Waals surface area contributed by atoms with Crippen LogP contribution in [0.15, 0.2) is 54.6 Å². The Kier molecular flexibility index (Phi) is 6.89. The zero-order chi connectivity index (χ0) is 20.6. The fourth-order valence-electron chi connectivity index (χ4n) is 3.38. The van der Waals surface area contributed by atoms with Gasteiger partial charge < -0.3 is 19.7 Å². The van der Waals surface area contributed by atoms with Crippen molar-refractivity contribution in [3.8, 4) is 11.5 Å². The monoisotopic (exact) mass is 394 g/mol. The average Bonchev–Trinajstić information content (AvgIpc) is 2.78. The first-order valence-corrected chi connectivity index (χ1v) is 9.65. The quantitative estimate of drug-likeness (QED) is 0.761. The number of anilines is 1. The van der Waals surface area contributed by atoms with Crippen LogP contribution in [0, 0.1) is 5.92 Å². The Morgan fingerprint density at radius 3 is 2.62 bits per heavy atom. The highest BCUT2D eigenvalue weighted by Crippen LogP contribution is 2.26. The molecule has 1 N–H and O–H groups in total. The molecule has 1 saturated heterocycles. The second-order valence-electron chi connectivity index (χ2n) is 6.92. The molecule has 1 fully saturated rings. The van der Waals surface area contributed by atoms with Gasteiger partial charge in [-0.25, -0.2) is 0 Å². The van der Waals surface area contributed by atoms with Gasteiger partial charge in [-0.3, -0.25) is 9.59 Å². The van der Waals surface area contributed by atoms with Gasteiger partial charge in [0.15, 0.2) is 0 Å². The van der Waals surface area contributed by atoms with Crippen molar-refractivity contribution in [3.05, 3.63) is 60.2 Å². The highest BCUT2D eigenvalue weighted by molar-refractivity contribution is 5.95. The van der Waals surface area contributed by atoms with Gasteiger partial charge in [-0.1, -0.05) is 18.2 Å². The van der Waals surface area contributed by atoms with E-state index in [-0.39, 0.29) is 17.7 Å².